The second-order valence-electron chi connectivity index (χ2n) is 5.91. The van der Waals surface area contributed by atoms with Crippen molar-refractivity contribution < 1.29 is 27.5 Å². The van der Waals surface area contributed by atoms with Crippen molar-refractivity contribution in [3.8, 4) is 5.75 Å². The molecule has 0 atom stereocenters. The van der Waals surface area contributed by atoms with Crippen LogP contribution in [-0.4, -0.2) is 23.4 Å². The molecule has 2 aromatic rings. The van der Waals surface area contributed by atoms with E-state index in [1.54, 1.807) is 0 Å². The lowest BCUT2D eigenvalue weighted by atomic mass is 10.1. The Hall–Kier alpha value is -2.62. The fourth-order valence-corrected chi connectivity index (χ4v) is 3.12. The minimum absolute atomic E-state index is 0.0143. The average Bonchev–Trinajstić information content (AvgIpc) is 3.03. The summed E-state index contributed by atoms with van der Waals surface area (Å²) in [6, 6.07) is 1.55. The lowest BCUT2D eigenvalue weighted by Crippen LogP contribution is -2.27. The van der Waals surface area contributed by atoms with Gasteiger partial charge in [0.2, 0.25) is 0 Å². The van der Waals surface area contributed by atoms with E-state index < -0.39 is 23.6 Å². The largest absolute Gasteiger partial charge is 0.479 e. The van der Waals surface area contributed by atoms with Crippen molar-refractivity contribution in [2.24, 2.45) is 0 Å². The molecule has 0 aliphatic carbocycles. The van der Waals surface area contributed by atoms with Crippen molar-refractivity contribution >= 4 is 34.5 Å². The standard InChI is InChI=1S/C16H14F3N3O3S/c1-7(2)15-20-5-11(26-15)14(24)22-10-4-8(16(17,18)19)3-9-13(10)25-6-12(23)21-9/h3-5,7H,6H2,1-2H3,(H,21,23)(H,22,24). The van der Waals surface area contributed by atoms with Crippen LogP contribution in [0.15, 0.2) is 18.3 Å². The van der Waals surface area contributed by atoms with Gasteiger partial charge in [0.25, 0.3) is 11.8 Å². The first-order chi connectivity index (χ1) is 12.1. The fraction of sp³-hybridized carbons (Fsp3) is 0.312. The van der Waals surface area contributed by atoms with Gasteiger partial charge in [0.15, 0.2) is 12.4 Å². The van der Waals surface area contributed by atoms with Crippen LogP contribution in [0.1, 0.15) is 40.0 Å². The van der Waals surface area contributed by atoms with Gasteiger partial charge in [-0.25, -0.2) is 4.98 Å². The summed E-state index contributed by atoms with van der Waals surface area (Å²) in [4.78, 5) is 28.2. The molecule has 1 aliphatic heterocycles. The van der Waals surface area contributed by atoms with Crippen LogP contribution in [0.25, 0.3) is 0 Å². The number of nitrogens with zero attached hydrogens (tertiary/aromatic N) is 1. The van der Waals surface area contributed by atoms with Gasteiger partial charge in [0.1, 0.15) is 4.88 Å². The summed E-state index contributed by atoms with van der Waals surface area (Å²) in [6.07, 6.45) is -3.27. The number of nitrogens with one attached hydrogen (secondary N) is 2. The summed E-state index contributed by atoms with van der Waals surface area (Å²) < 4.78 is 44.5. The maximum atomic E-state index is 13.1. The zero-order valence-electron chi connectivity index (χ0n) is 13.7. The molecule has 2 N–H and O–H groups in total. The SMILES string of the molecule is CC(C)c1ncc(C(=O)Nc2cc(C(F)(F)F)cc3c2OCC(=O)N3)s1. The van der Waals surface area contributed by atoms with Crippen LogP contribution >= 0.6 is 11.3 Å². The number of aromatic nitrogens is 1. The third kappa shape index (κ3) is 3.64. The summed E-state index contributed by atoms with van der Waals surface area (Å²) in [5, 5.41) is 5.48. The Morgan fingerprint density at radius 2 is 2.12 bits per heavy atom. The number of amides is 2. The van der Waals surface area contributed by atoms with E-state index >= 15 is 0 Å². The minimum Gasteiger partial charge on any atom is -0.479 e. The summed E-state index contributed by atoms with van der Waals surface area (Å²) in [6.45, 7) is 3.49. The summed E-state index contributed by atoms with van der Waals surface area (Å²) in [5.41, 5.74) is -1.32. The Morgan fingerprint density at radius 1 is 1.38 bits per heavy atom. The van der Waals surface area contributed by atoms with E-state index in [4.69, 9.17) is 4.74 Å². The van der Waals surface area contributed by atoms with Gasteiger partial charge in [0, 0.05) is 5.92 Å². The van der Waals surface area contributed by atoms with E-state index in [9.17, 15) is 22.8 Å². The van der Waals surface area contributed by atoms with E-state index in [0.29, 0.717) is 0 Å². The normalized spacial score (nSPS) is 13.8. The number of ether oxygens (including phenoxy) is 1. The predicted molar refractivity (Wildman–Crippen MR) is 89.7 cm³/mol. The maximum absolute atomic E-state index is 13.1. The van der Waals surface area contributed by atoms with E-state index in [2.05, 4.69) is 15.6 Å². The van der Waals surface area contributed by atoms with Crippen molar-refractivity contribution in [1.29, 1.82) is 0 Å². The summed E-state index contributed by atoms with van der Waals surface area (Å²) >= 11 is 1.16. The van der Waals surface area contributed by atoms with Crippen molar-refractivity contribution in [3.63, 3.8) is 0 Å². The van der Waals surface area contributed by atoms with Gasteiger partial charge in [-0.2, -0.15) is 13.2 Å². The van der Waals surface area contributed by atoms with Crippen LogP contribution < -0.4 is 15.4 Å². The average molecular weight is 385 g/mol. The van der Waals surface area contributed by atoms with Gasteiger partial charge in [0.05, 0.1) is 28.1 Å². The van der Waals surface area contributed by atoms with Gasteiger partial charge in [-0.15, -0.1) is 11.3 Å². The number of hydrogen-bond acceptors (Lipinski definition) is 5. The monoisotopic (exact) mass is 385 g/mol. The highest BCUT2D eigenvalue weighted by Crippen LogP contribution is 2.42. The topological polar surface area (TPSA) is 80.3 Å². The highest BCUT2D eigenvalue weighted by atomic mass is 32.1. The van der Waals surface area contributed by atoms with E-state index in [1.165, 1.54) is 6.20 Å². The maximum Gasteiger partial charge on any atom is 0.416 e. The Bertz CT molecular complexity index is 877. The fourth-order valence-electron chi connectivity index (χ4n) is 2.30. The van der Waals surface area contributed by atoms with Crippen LogP contribution in [0, 0.1) is 0 Å². The predicted octanol–water partition coefficient (Wildman–Crippen LogP) is 3.87. The number of thiazole rings is 1. The van der Waals surface area contributed by atoms with Crippen molar-refractivity contribution in [2.75, 3.05) is 17.2 Å². The quantitative estimate of drug-likeness (QED) is 0.841. The number of fused-ring (bicyclic) bond motifs is 1. The number of rotatable bonds is 3. The summed E-state index contributed by atoms with van der Waals surface area (Å²) in [5.74, 6) is -1.06. The molecule has 0 spiro atoms. The number of carbonyl (C=O) groups is 2. The third-order valence-electron chi connectivity index (χ3n) is 3.53. The Kier molecular flexibility index (Phi) is 4.61. The molecule has 2 heterocycles. The lowest BCUT2D eigenvalue weighted by molar-refractivity contribution is -0.137. The van der Waals surface area contributed by atoms with E-state index in [0.717, 1.165) is 28.5 Å². The minimum atomic E-state index is -4.65. The molecule has 2 amide bonds. The summed E-state index contributed by atoms with van der Waals surface area (Å²) in [7, 11) is 0. The molecule has 26 heavy (non-hydrogen) atoms. The Labute approximate surface area is 150 Å². The number of anilines is 2. The number of carbonyl (C=O) groups excluding carboxylic acids is 2. The van der Waals surface area contributed by atoms with Crippen LogP contribution in [0.5, 0.6) is 5.75 Å². The molecule has 0 bridgehead atoms. The smallest absolute Gasteiger partial charge is 0.416 e. The van der Waals surface area contributed by atoms with Crippen LogP contribution in [-0.2, 0) is 11.0 Å². The van der Waals surface area contributed by atoms with E-state index in [-0.39, 0.29) is 34.5 Å². The highest BCUT2D eigenvalue weighted by molar-refractivity contribution is 7.13. The molecule has 1 aromatic heterocycles. The zero-order chi connectivity index (χ0) is 19.1. The molecular weight excluding hydrogens is 371 g/mol. The molecule has 3 rings (SSSR count). The Balaban J connectivity index is 1.96. The Morgan fingerprint density at radius 3 is 2.73 bits per heavy atom. The van der Waals surface area contributed by atoms with E-state index in [1.807, 2.05) is 13.8 Å². The molecule has 0 unspecified atom stereocenters. The molecule has 10 heteroatoms. The number of benzene rings is 1. The van der Waals surface area contributed by atoms with Gasteiger partial charge in [-0.3, -0.25) is 9.59 Å². The number of hydrogen-bond donors (Lipinski definition) is 2. The molecule has 138 valence electrons. The molecule has 0 radical (unpaired) electrons. The first-order valence-electron chi connectivity index (χ1n) is 7.60. The van der Waals surface area contributed by atoms with Crippen LogP contribution in [0.2, 0.25) is 0 Å². The number of alkyl halides is 3. The molecule has 6 nitrogen and oxygen atoms in total. The first-order valence-corrected chi connectivity index (χ1v) is 8.41. The van der Waals surface area contributed by atoms with Crippen molar-refractivity contribution in [3.05, 3.63) is 33.8 Å². The molecule has 1 aliphatic rings. The molecular formula is C16H14F3N3O3S. The molecule has 1 aromatic carbocycles. The second kappa shape index (κ2) is 6.60. The van der Waals surface area contributed by atoms with Crippen molar-refractivity contribution in [1.82, 2.24) is 4.98 Å². The highest BCUT2D eigenvalue weighted by Gasteiger charge is 2.34. The van der Waals surface area contributed by atoms with Gasteiger partial charge < -0.3 is 15.4 Å². The molecule has 0 fully saturated rings. The first kappa shape index (κ1) is 18.2. The van der Waals surface area contributed by atoms with Crippen LogP contribution in [0.3, 0.4) is 0 Å². The zero-order valence-corrected chi connectivity index (χ0v) is 14.5. The third-order valence-corrected chi connectivity index (χ3v) is 4.82. The molecule has 0 saturated carbocycles. The molecule has 0 saturated heterocycles. The van der Waals surface area contributed by atoms with Crippen LogP contribution in [0.4, 0.5) is 24.5 Å². The van der Waals surface area contributed by atoms with Gasteiger partial charge in [-0.1, -0.05) is 13.8 Å². The van der Waals surface area contributed by atoms with Gasteiger partial charge in [-0.05, 0) is 12.1 Å². The second-order valence-corrected chi connectivity index (χ2v) is 6.97. The number of halogens is 3. The van der Waals surface area contributed by atoms with Gasteiger partial charge >= 0.3 is 6.18 Å². The van der Waals surface area contributed by atoms with Crippen molar-refractivity contribution in [2.45, 2.75) is 25.9 Å². The lowest BCUT2D eigenvalue weighted by Gasteiger charge is -2.22.